The molecule has 1 aromatic carbocycles. The summed E-state index contributed by atoms with van der Waals surface area (Å²) in [6, 6.07) is 8.12. The summed E-state index contributed by atoms with van der Waals surface area (Å²) >= 11 is 0. The third kappa shape index (κ3) is 3.55. The molecule has 1 aliphatic heterocycles. The number of benzene rings is 1. The van der Waals surface area contributed by atoms with Crippen molar-refractivity contribution in [1.29, 1.82) is 0 Å². The van der Waals surface area contributed by atoms with Crippen LogP contribution in [0.5, 0.6) is 0 Å². The Labute approximate surface area is 109 Å². The van der Waals surface area contributed by atoms with E-state index in [1.165, 1.54) is 12.0 Å². The van der Waals surface area contributed by atoms with E-state index in [0.29, 0.717) is 5.92 Å². The lowest BCUT2D eigenvalue weighted by atomic mass is 9.93. The zero-order valence-electron chi connectivity index (χ0n) is 11.0. The third-order valence-electron chi connectivity index (χ3n) is 3.84. The molecule has 0 amide bonds. The second kappa shape index (κ2) is 6.32. The number of aliphatic hydroxyl groups excluding tert-OH is 2. The summed E-state index contributed by atoms with van der Waals surface area (Å²) in [5, 5.41) is 18.7. The SMILES string of the molecule is CC(O)C1CCCN(Cc2ccc(CO)cc2)C1. The molecule has 0 radical (unpaired) electrons. The van der Waals surface area contributed by atoms with Gasteiger partial charge in [0.15, 0.2) is 0 Å². The fraction of sp³-hybridized carbons (Fsp3) is 0.600. The van der Waals surface area contributed by atoms with Crippen molar-refractivity contribution < 1.29 is 10.2 Å². The van der Waals surface area contributed by atoms with Gasteiger partial charge in [-0.05, 0) is 43.4 Å². The van der Waals surface area contributed by atoms with Crippen molar-refractivity contribution >= 4 is 0 Å². The Kier molecular flexibility index (Phi) is 4.75. The summed E-state index contributed by atoms with van der Waals surface area (Å²) in [6.45, 7) is 5.04. The summed E-state index contributed by atoms with van der Waals surface area (Å²) in [5.74, 6) is 0.412. The highest BCUT2D eigenvalue weighted by molar-refractivity contribution is 5.21. The minimum absolute atomic E-state index is 0.105. The van der Waals surface area contributed by atoms with Gasteiger partial charge in [0.05, 0.1) is 12.7 Å². The van der Waals surface area contributed by atoms with Gasteiger partial charge in [-0.3, -0.25) is 4.90 Å². The number of aliphatic hydroxyl groups is 2. The molecule has 0 spiro atoms. The van der Waals surface area contributed by atoms with Crippen LogP contribution in [0.3, 0.4) is 0 Å². The molecule has 0 saturated carbocycles. The Bertz CT molecular complexity index is 361. The minimum atomic E-state index is -0.204. The number of piperidine rings is 1. The van der Waals surface area contributed by atoms with E-state index in [-0.39, 0.29) is 12.7 Å². The van der Waals surface area contributed by atoms with E-state index < -0.39 is 0 Å². The van der Waals surface area contributed by atoms with Crippen LogP contribution in [0.2, 0.25) is 0 Å². The highest BCUT2D eigenvalue weighted by Crippen LogP contribution is 2.21. The average Bonchev–Trinajstić information content (AvgIpc) is 2.40. The van der Waals surface area contributed by atoms with Crippen LogP contribution >= 0.6 is 0 Å². The van der Waals surface area contributed by atoms with Gasteiger partial charge in [0.25, 0.3) is 0 Å². The summed E-state index contributed by atoms with van der Waals surface area (Å²) in [5.41, 5.74) is 2.23. The minimum Gasteiger partial charge on any atom is -0.393 e. The molecule has 1 fully saturated rings. The summed E-state index contributed by atoms with van der Waals surface area (Å²) in [6.07, 6.45) is 2.10. The Morgan fingerprint density at radius 1 is 1.28 bits per heavy atom. The van der Waals surface area contributed by atoms with Crippen molar-refractivity contribution in [2.45, 2.75) is 39.0 Å². The third-order valence-corrected chi connectivity index (χ3v) is 3.84. The van der Waals surface area contributed by atoms with Crippen LogP contribution in [-0.2, 0) is 13.2 Å². The topological polar surface area (TPSA) is 43.7 Å². The molecule has 18 heavy (non-hydrogen) atoms. The predicted molar refractivity (Wildman–Crippen MR) is 72.0 cm³/mol. The highest BCUT2D eigenvalue weighted by atomic mass is 16.3. The van der Waals surface area contributed by atoms with Gasteiger partial charge in [0, 0.05) is 13.1 Å². The lowest BCUT2D eigenvalue weighted by Crippen LogP contribution is -2.38. The fourth-order valence-electron chi connectivity index (χ4n) is 2.64. The van der Waals surface area contributed by atoms with Crippen LogP contribution in [-0.4, -0.2) is 34.3 Å². The molecule has 100 valence electrons. The van der Waals surface area contributed by atoms with Crippen LogP contribution in [0.25, 0.3) is 0 Å². The number of rotatable bonds is 4. The van der Waals surface area contributed by atoms with E-state index in [1.54, 1.807) is 0 Å². The summed E-state index contributed by atoms with van der Waals surface area (Å²) in [7, 11) is 0. The molecule has 1 aromatic rings. The molecule has 0 aromatic heterocycles. The lowest BCUT2D eigenvalue weighted by molar-refractivity contribution is 0.0599. The highest BCUT2D eigenvalue weighted by Gasteiger charge is 2.23. The van der Waals surface area contributed by atoms with E-state index in [4.69, 9.17) is 5.11 Å². The average molecular weight is 249 g/mol. The summed E-state index contributed by atoms with van der Waals surface area (Å²) < 4.78 is 0. The molecular formula is C15H23NO2. The number of hydrogen-bond acceptors (Lipinski definition) is 3. The summed E-state index contributed by atoms with van der Waals surface area (Å²) in [4.78, 5) is 2.41. The van der Waals surface area contributed by atoms with E-state index in [1.807, 2.05) is 19.1 Å². The lowest BCUT2D eigenvalue weighted by Gasteiger charge is -2.34. The van der Waals surface area contributed by atoms with Crippen LogP contribution in [0.15, 0.2) is 24.3 Å². The maximum Gasteiger partial charge on any atom is 0.0681 e. The van der Waals surface area contributed by atoms with Crippen LogP contribution < -0.4 is 0 Å². The van der Waals surface area contributed by atoms with E-state index in [0.717, 1.165) is 31.6 Å². The number of hydrogen-bond donors (Lipinski definition) is 2. The van der Waals surface area contributed by atoms with Crippen molar-refractivity contribution in [3.05, 3.63) is 35.4 Å². The van der Waals surface area contributed by atoms with E-state index in [9.17, 15) is 5.11 Å². The molecule has 2 rings (SSSR count). The zero-order chi connectivity index (χ0) is 13.0. The first-order chi connectivity index (χ1) is 8.69. The first-order valence-corrected chi connectivity index (χ1v) is 6.78. The van der Waals surface area contributed by atoms with Gasteiger partial charge in [-0.25, -0.2) is 0 Å². The van der Waals surface area contributed by atoms with Crippen molar-refractivity contribution in [2.75, 3.05) is 13.1 Å². The van der Waals surface area contributed by atoms with Crippen molar-refractivity contribution in [3.8, 4) is 0 Å². The van der Waals surface area contributed by atoms with Gasteiger partial charge in [0.1, 0.15) is 0 Å². The largest absolute Gasteiger partial charge is 0.393 e. The molecule has 1 heterocycles. The van der Waals surface area contributed by atoms with Crippen molar-refractivity contribution in [1.82, 2.24) is 4.90 Å². The van der Waals surface area contributed by atoms with Crippen molar-refractivity contribution in [2.24, 2.45) is 5.92 Å². The van der Waals surface area contributed by atoms with Gasteiger partial charge in [-0.15, -0.1) is 0 Å². The molecular weight excluding hydrogens is 226 g/mol. The van der Waals surface area contributed by atoms with Gasteiger partial charge >= 0.3 is 0 Å². The Balaban J connectivity index is 1.91. The molecule has 3 heteroatoms. The maximum absolute atomic E-state index is 9.67. The number of likely N-dealkylation sites (tertiary alicyclic amines) is 1. The van der Waals surface area contributed by atoms with Crippen molar-refractivity contribution in [3.63, 3.8) is 0 Å². The first-order valence-electron chi connectivity index (χ1n) is 6.78. The standard InChI is InChI=1S/C15H23NO2/c1-12(18)15-3-2-8-16(10-15)9-13-4-6-14(11-17)7-5-13/h4-7,12,15,17-18H,2-3,8-11H2,1H3. The number of nitrogens with zero attached hydrogens (tertiary/aromatic N) is 1. The molecule has 0 aliphatic carbocycles. The molecule has 2 atom stereocenters. The normalized spacial score (nSPS) is 22.9. The van der Waals surface area contributed by atoms with Gasteiger partial charge in [-0.1, -0.05) is 24.3 Å². The molecule has 3 nitrogen and oxygen atoms in total. The Morgan fingerprint density at radius 3 is 2.56 bits per heavy atom. The molecule has 2 N–H and O–H groups in total. The zero-order valence-corrected chi connectivity index (χ0v) is 11.0. The second-order valence-electron chi connectivity index (χ2n) is 5.35. The van der Waals surface area contributed by atoms with Gasteiger partial charge in [-0.2, -0.15) is 0 Å². The van der Waals surface area contributed by atoms with Crippen LogP contribution in [0.4, 0.5) is 0 Å². The maximum atomic E-state index is 9.67. The smallest absolute Gasteiger partial charge is 0.0681 e. The predicted octanol–water partition coefficient (Wildman–Crippen LogP) is 1.77. The fourth-order valence-corrected chi connectivity index (χ4v) is 2.64. The monoisotopic (exact) mass is 249 g/mol. The van der Waals surface area contributed by atoms with Gasteiger partial charge in [0.2, 0.25) is 0 Å². The van der Waals surface area contributed by atoms with Crippen LogP contribution in [0.1, 0.15) is 30.9 Å². The molecule has 1 saturated heterocycles. The van der Waals surface area contributed by atoms with Crippen LogP contribution in [0, 0.1) is 5.92 Å². The quantitative estimate of drug-likeness (QED) is 0.854. The molecule has 2 unspecified atom stereocenters. The van der Waals surface area contributed by atoms with E-state index in [2.05, 4.69) is 17.0 Å². The second-order valence-corrected chi connectivity index (χ2v) is 5.35. The first kappa shape index (κ1) is 13.5. The van der Waals surface area contributed by atoms with Gasteiger partial charge < -0.3 is 10.2 Å². The molecule has 1 aliphatic rings. The van der Waals surface area contributed by atoms with E-state index >= 15 is 0 Å². The molecule has 0 bridgehead atoms. The Hall–Kier alpha value is -0.900. The Morgan fingerprint density at radius 2 is 1.94 bits per heavy atom.